The van der Waals surface area contributed by atoms with Gasteiger partial charge in [0.1, 0.15) is 0 Å². The average molecular weight is 270 g/mol. The van der Waals surface area contributed by atoms with Gasteiger partial charge in [-0.15, -0.1) is 0 Å². The van der Waals surface area contributed by atoms with Crippen molar-refractivity contribution >= 4 is 11.6 Å². The normalized spacial score (nSPS) is 22.2. The van der Waals surface area contributed by atoms with Crippen molar-refractivity contribution in [1.82, 2.24) is 5.32 Å². The number of alkyl halides is 3. The molecule has 1 aliphatic heterocycles. The third-order valence-electron chi connectivity index (χ3n) is 2.90. The summed E-state index contributed by atoms with van der Waals surface area (Å²) in [5.74, 6) is -0.743. The second-order valence-corrected chi connectivity index (χ2v) is 4.66. The number of anilines is 1. The molecule has 2 N–H and O–H groups in total. The van der Waals surface area contributed by atoms with E-state index in [9.17, 15) is 18.0 Å². The number of carbonyl (C=O) groups excluding carboxylic acids is 1. The first-order chi connectivity index (χ1) is 8.75. The SMILES string of the molecule is C=C(C)CC1(C(F)(F)F)NC(=O)c2ccccc2N1. The number of hydrogen-bond donors (Lipinski definition) is 2. The van der Waals surface area contributed by atoms with Gasteiger partial charge in [0.05, 0.1) is 5.56 Å². The zero-order valence-corrected chi connectivity index (χ0v) is 10.3. The number of nitrogens with one attached hydrogen (secondary N) is 2. The highest BCUT2D eigenvalue weighted by Crippen LogP contribution is 2.39. The lowest BCUT2D eigenvalue weighted by atomic mass is 9.95. The molecule has 0 fully saturated rings. The molecule has 0 radical (unpaired) electrons. The maximum Gasteiger partial charge on any atom is 0.430 e. The Morgan fingerprint density at radius 2 is 1.95 bits per heavy atom. The van der Waals surface area contributed by atoms with Crippen molar-refractivity contribution in [3.05, 3.63) is 42.0 Å². The van der Waals surface area contributed by atoms with E-state index in [4.69, 9.17) is 0 Å². The van der Waals surface area contributed by atoms with Crippen LogP contribution in [-0.2, 0) is 0 Å². The third kappa shape index (κ3) is 2.30. The molecule has 6 heteroatoms. The Morgan fingerprint density at radius 1 is 1.32 bits per heavy atom. The first-order valence-corrected chi connectivity index (χ1v) is 5.66. The highest BCUT2D eigenvalue weighted by molar-refractivity contribution is 6.02. The fourth-order valence-electron chi connectivity index (χ4n) is 2.10. The molecule has 0 aromatic heterocycles. The van der Waals surface area contributed by atoms with Gasteiger partial charge in [0, 0.05) is 12.1 Å². The van der Waals surface area contributed by atoms with Crippen molar-refractivity contribution in [3.63, 3.8) is 0 Å². The zero-order chi connectivity index (χ0) is 14.3. The van der Waals surface area contributed by atoms with Gasteiger partial charge in [-0.05, 0) is 19.1 Å². The molecule has 0 spiro atoms. The maximum absolute atomic E-state index is 13.3. The van der Waals surface area contributed by atoms with Gasteiger partial charge < -0.3 is 10.6 Å². The Labute approximate surface area is 108 Å². The standard InChI is InChI=1S/C13H13F3N2O/c1-8(2)7-12(13(14,15)16)17-10-6-4-3-5-9(10)11(19)18-12/h3-6,17H,1,7H2,2H3,(H,18,19). The van der Waals surface area contributed by atoms with Crippen LogP contribution in [-0.4, -0.2) is 17.7 Å². The molecule has 102 valence electrons. The second-order valence-electron chi connectivity index (χ2n) is 4.66. The maximum atomic E-state index is 13.3. The lowest BCUT2D eigenvalue weighted by Crippen LogP contribution is -2.66. The summed E-state index contributed by atoms with van der Waals surface area (Å²) in [7, 11) is 0. The molecule has 1 aliphatic rings. The molecular weight excluding hydrogens is 257 g/mol. The lowest BCUT2D eigenvalue weighted by molar-refractivity contribution is -0.185. The molecule has 0 saturated heterocycles. The molecule has 2 rings (SSSR count). The summed E-state index contributed by atoms with van der Waals surface area (Å²) in [4.78, 5) is 11.8. The summed E-state index contributed by atoms with van der Waals surface area (Å²) in [5, 5.41) is 4.42. The van der Waals surface area contributed by atoms with Crippen molar-refractivity contribution in [2.75, 3.05) is 5.32 Å². The van der Waals surface area contributed by atoms with Crippen molar-refractivity contribution in [1.29, 1.82) is 0 Å². The number of carbonyl (C=O) groups is 1. The summed E-state index contributed by atoms with van der Waals surface area (Å²) in [5.41, 5.74) is -1.80. The molecular formula is C13H13F3N2O. The van der Waals surface area contributed by atoms with E-state index in [1.54, 1.807) is 12.1 Å². The Balaban J connectivity index is 2.49. The fraction of sp³-hybridized carbons (Fsp3) is 0.308. The van der Waals surface area contributed by atoms with E-state index in [2.05, 4.69) is 11.9 Å². The molecule has 0 aliphatic carbocycles. The largest absolute Gasteiger partial charge is 0.430 e. The van der Waals surface area contributed by atoms with Gasteiger partial charge >= 0.3 is 6.18 Å². The summed E-state index contributed by atoms with van der Waals surface area (Å²) in [6, 6.07) is 6.09. The second kappa shape index (κ2) is 4.29. The Kier molecular flexibility index (Phi) is 3.04. The van der Waals surface area contributed by atoms with Crippen molar-refractivity contribution in [2.45, 2.75) is 25.2 Å². The first kappa shape index (κ1) is 13.5. The summed E-state index contributed by atoms with van der Waals surface area (Å²) >= 11 is 0. The van der Waals surface area contributed by atoms with Crippen LogP contribution in [0.25, 0.3) is 0 Å². The predicted octanol–water partition coefficient (Wildman–Crippen LogP) is 3.07. The molecule has 1 aromatic carbocycles. The molecule has 1 unspecified atom stereocenters. The van der Waals surface area contributed by atoms with Crippen LogP contribution < -0.4 is 10.6 Å². The van der Waals surface area contributed by atoms with Gasteiger partial charge in [-0.2, -0.15) is 13.2 Å². The molecule has 0 bridgehead atoms. The summed E-state index contributed by atoms with van der Waals surface area (Å²) < 4.78 is 39.9. The van der Waals surface area contributed by atoms with Gasteiger partial charge in [-0.25, -0.2) is 0 Å². The number of hydrogen-bond acceptors (Lipinski definition) is 2. The van der Waals surface area contributed by atoms with Gasteiger partial charge in [-0.3, -0.25) is 4.79 Å². The first-order valence-electron chi connectivity index (χ1n) is 5.66. The Bertz CT molecular complexity index is 539. The van der Waals surface area contributed by atoms with Gasteiger partial charge in [0.2, 0.25) is 5.66 Å². The van der Waals surface area contributed by atoms with Crippen LogP contribution in [0.15, 0.2) is 36.4 Å². The quantitative estimate of drug-likeness (QED) is 0.811. The monoisotopic (exact) mass is 270 g/mol. The van der Waals surface area contributed by atoms with E-state index < -0.39 is 24.2 Å². The van der Waals surface area contributed by atoms with Crippen LogP contribution in [0.3, 0.4) is 0 Å². The van der Waals surface area contributed by atoms with Crippen LogP contribution >= 0.6 is 0 Å². The minimum atomic E-state index is -4.63. The molecule has 1 heterocycles. The fourth-order valence-corrected chi connectivity index (χ4v) is 2.10. The summed E-state index contributed by atoms with van der Waals surface area (Å²) in [6.45, 7) is 4.99. The summed E-state index contributed by atoms with van der Waals surface area (Å²) in [6.07, 6.45) is -5.05. The van der Waals surface area contributed by atoms with E-state index in [1.807, 2.05) is 5.32 Å². The van der Waals surface area contributed by atoms with E-state index >= 15 is 0 Å². The zero-order valence-electron chi connectivity index (χ0n) is 10.3. The minimum Gasteiger partial charge on any atom is -0.354 e. The number of benzene rings is 1. The highest BCUT2D eigenvalue weighted by Gasteiger charge is 2.57. The highest BCUT2D eigenvalue weighted by atomic mass is 19.4. The van der Waals surface area contributed by atoms with Crippen molar-refractivity contribution in [2.24, 2.45) is 0 Å². The Hall–Kier alpha value is -1.98. The van der Waals surface area contributed by atoms with Crippen LogP contribution in [0.2, 0.25) is 0 Å². The number of fused-ring (bicyclic) bond motifs is 1. The van der Waals surface area contributed by atoms with E-state index in [0.717, 1.165) is 0 Å². The molecule has 1 atom stereocenters. The van der Waals surface area contributed by atoms with Gasteiger partial charge in [0.15, 0.2) is 0 Å². The third-order valence-corrected chi connectivity index (χ3v) is 2.90. The molecule has 19 heavy (non-hydrogen) atoms. The lowest BCUT2D eigenvalue weighted by Gasteiger charge is -2.41. The van der Waals surface area contributed by atoms with Gasteiger partial charge in [-0.1, -0.05) is 24.3 Å². The molecule has 3 nitrogen and oxygen atoms in total. The van der Waals surface area contributed by atoms with Crippen LogP contribution in [0, 0.1) is 0 Å². The molecule has 1 aromatic rings. The molecule has 0 saturated carbocycles. The Morgan fingerprint density at radius 3 is 2.53 bits per heavy atom. The number of para-hydroxylation sites is 1. The average Bonchev–Trinajstić information content (AvgIpc) is 2.26. The van der Waals surface area contributed by atoms with E-state index in [-0.39, 0.29) is 11.3 Å². The van der Waals surface area contributed by atoms with E-state index in [0.29, 0.717) is 5.57 Å². The topological polar surface area (TPSA) is 41.1 Å². The minimum absolute atomic E-state index is 0.171. The number of amides is 1. The predicted molar refractivity (Wildman–Crippen MR) is 65.7 cm³/mol. The molecule has 1 amide bonds. The van der Waals surface area contributed by atoms with Crippen molar-refractivity contribution in [3.8, 4) is 0 Å². The smallest absolute Gasteiger partial charge is 0.354 e. The number of rotatable bonds is 2. The van der Waals surface area contributed by atoms with E-state index in [1.165, 1.54) is 19.1 Å². The number of halogens is 3. The van der Waals surface area contributed by atoms with Crippen LogP contribution in [0.5, 0.6) is 0 Å². The van der Waals surface area contributed by atoms with Crippen molar-refractivity contribution < 1.29 is 18.0 Å². The van der Waals surface area contributed by atoms with Gasteiger partial charge in [0.25, 0.3) is 5.91 Å². The van der Waals surface area contributed by atoms with Crippen LogP contribution in [0.4, 0.5) is 18.9 Å². The van der Waals surface area contributed by atoms with Crippen LogP contribution in [0.1, 0.15) is 23.7 Å².